The van der Waals surface area contributed by atoms with Crippen molar-refractivity contribution in [1.82, 2.24) is 30.7 Å². The summed E-state index contributed by atoms with van der Waals surface area (Å²) in [5.74, 6) is 2.04. The van der Waals surface area contributed by atoms with Crippen LogP contribution in [0.25, 0.3) is 22.8 Å². The largest absolute Gasteiger partial charge is 0.497 e. The fourth-order valence-electron chi connectivity index (χ4n) is 3.79. The number of fused-ring (bicyclic) bond motifs is 3. The van der Waals surface area contributed by atoms with Gasteiger partial charge >= 0.3 is 0 Å². The Morgan fingerprint density at radius 1 is 1.19 bits per heavy atom. The van der Waals surface area contributed by atoms with Gasteiger partial charge < -0.3 is 20.7 Å². The number of nitrogens with zero attached hydrogens (tertiary/aromatic N) is 3. The summed E-state index contributed by atoms with van der Waals surface area (Å²) in [6.45, 7) is 1.89. The minimum atomic E-state index is -0.438. The molecule has 160 valence electrons. The van der Waals surface area contributed by atoms with Crippen molar-refractivity contribution in [2.24, 2.45) is 0 Å². The number of hydrogen-bond donors (Lipinski definition) is 4. The van der Waals surface area contributed by atoms with Gasteiger partial charge in [0.1, 0.15) is 11.8 Å². The highest BCUT2D eigenvalue weighted by molar-refractivity contribution is 9.10. The van der Waals surface area contributed by atoms with Crippen LogP contribution in [0.1, 0.15) is 6.29 Å². The second-order valence-electron chi connectivity index (χ2n) is 7.36. The van der Waals surface area contributed by atoms with E-state index in [1.807, 2.05) is 42.5 Å². The Hall–Kier alpha value is -2.95. The Morgan fingerprint density at radius 2 is 2.03 bits per heavy atom. The van der Waals surface area contributed by atoms with E-state index in [1.54, 1.807) is 11.8 Å². The van der Waals surface area contributed by atoms with Gasteiger partial charge in [-0.15, -0.1) is 5.10 Å². The zero-order valence-corrected chi connectivity index (χ0v) is 18.4. The van der Waals surface area contributed by atoms with E-state index in [-0.39, 0.29) is 5.91 Å². The van der Waals surface area contributed by atoms with Crippen molar-refractivity contribution in [3.8, 4) is 28.5 Å². The number of carbonyl (C=O) groups excluding carboxylic acids is 1. The SMILES string of the molecule is COc1ccc(-c2nc3n(n2)C(NC2CNCCNC2=O)Nc2cccc(Br)c2-3)cc1. The highest BCUT2D eigenvalue weighted by atomic mass is 79.9. The van der Waals surface area contributed by atoms with Gasteiger partial charge in [0, 0.05) is 35.4 Å². The molecular formula is C21H22BrN7O2. The molecule has 3 heterocycles. The van der Waals surface area contributed by atoms with Crippen molar-refractivity contribution >= 4 is 27.5 Å². The van der Waals surface area contributed by atoms with E-state index >= 15 is 0 Å². The van der Waals surface area contributed by atoms with E-state index in [0.29, 0.717) is 24.7 Å². The molecule has 9 nitrogen and oxygen atoms in total. The summed E-state index contributed by atoms with van der Waals surface area (Å²) in [6, 6.07) is 13.1. The number of amides is 1. The monoisotopic (exact) mass is 483 g/mol. The number of anilines is 1. The van der Waals surface area contributed by atoms with Gasteiger partial charge in [-0.3, -0.25) is 10.1 Å². The maximum Gasteiger partial charge on any atom is 0.238 e. The zero-order valence-electron chi connectivity index (χ0n) is 16.9. The number of benzene rings is 2. The molecular weight excluding hydrogens is 462 g/mol. The lowest BCUT2D eigenvalue weighted by Crippen LogP contribution is -2.51. The average molecular weight is 484 g/mol. The average Bonchev–Trinajstić information content (AvgIpc) is 3.13. The molecule has 2 aliphatic heterocycles. The van der Waals surface area contributed by atoms with Crippen LogP contribution in [0.15, 0.2) is 46.9 Å². The minimum absolute atomic E-state index is 0.0381. The van der Waals surface area contributed by atoms with Crippen molar-refractivity contribution in [3.63, 3.8) is 0 Å². The Labute approximate surface area is 187 Å². The second-order valence-corrected chi connectivity index (χ2v) is 8.21. The summed E-state index contributed by atoms with van der Waals surface area (Å²) in [5, 5.41) is 17.8. The van der Waals surface area contributed by atoms with E-state index in [9.17, 15) is 4.79 Å². The second kappa shape index (κ2) is 8.29. The van der Waals surface area contributed by atoms with E-state index in [0.717, 1.165) is 33.6 Å². The zero-order chi connectivity index (χ0) is 21.4. The molecule has 1 fully saturated rings. The first-order chi connectivity index (χ1) is 15.1. The number of halogens is 1. The molecule has 31 heavy (non-hydrogen) atoms. The van der Waals surface area contributed by atoms with Crippen molar-refractivity contribution in [2.45, 2.75) is 12.3 Å². The van der Waals surface area contributed by atoms with Crippen molar-refractivity contribution in [2.75, 3.05) is 32.1 Å². The topological polar surface area (TPSA) is 105 Å². The van der Waals surface area contributed by atoms with Crippen molar-refractivity contribution in [3.05, 3.63) is 46.9 Å². The van der Waals surface area contributed by atoms with Crippen LogP contribution in [-0.4, -0.2) is 53.5 Å². The Kier molecular flexibility index (Phi) is 5.34. The van der Waals surface area contributed by atoms with Gasteiger partial charge in [-0.1, -0.05) is 6.07 Å². The first-order valence-corrected chi connectivity index (χ1v) is 10.8. The van der Waals surface area contributed by atoms with E-state index in [1.165, 1.54) is 0 Å². The number of nitrogens with one attached hydrogen (secondary N) is 4. The third-order valence-corrected chi connectivity index (χ3v) is 6.04. The molecule has 5 rings (SSSR count). The molecule has 1 saturated heterocycles. The van der Waals surface area contributed by atoms with E-state index < -0.39 is 12.3 Å². The third-order valence-electron chi connectivity index (χ3n) is 5.38. The van der Waals surface area contributed by atoms with Gasteiger partial charge in [0.15, 0.2) is 17.9 Å². The molecule has 0 spiro atoms. The molecule has 0 aliphatic carbocycles. The molecule has 3 aromatic rings. The number of ether oxygens (including phenoxy) is 1. The predicted molar refractivity (Wildman–Crippen MR) is 121 cm³/mol. The number of carbonyl (C=O) groups is 1. The Morgan fingerprint density at radius 3 is 2.84 bits per heavy atom. The molecule has 10 heteroatoms. The number of rotatable bonds is 4. The summed E-state index contributed by atoms with van der Waals surface area (Å²) in [5.41, 5.74) is 2.72. The van der Waals surface area contributed by atoms with Crippen LogP contribution < -0.4 is 26.0 Å². The minimum Gasteiger partial charge on any atom is -0.497 e. The summed E-state index contributed by atoms with van der Waals surface area (Å²) in [6.07, 6.45) is -0.438. The Balaban J connectivity index is 1.55. The lowest BCUT2D eigenvalue weighted by atomic mass is 10.1. The molecule has 0 bridgehead atoms. The van der Waals surface area contributed by atoms with E-state index in [4.69, 9.17) is 14.8 Å². The van der Waals surface area contributed by atoms with Crippen LogP contribution in [0, 0.1) is 0 Å². The fraction of sp³-hybridized carbons (Fsp3) is 0.286. The summed E-state index contributed by atoms with van der Waals surface area (Å²) in [4.78, 5) is 17.3. The molecule has 1 aromatic heterocycles. The summed E-state index contributed by atoms with van der Waals surface area (Å²) >= 11 is 3.64. The molecule has 2 aromatic carbocycles. The lowest BCUT2D eigenvalue weighted by molar-refractivity contribution is -0.122. The molecule has 4 N–H and O–H groups in total. The number of hydrogen-bond acceptors (Lipinski definition) is 7. The third kappa shape index (κ3) is 3.78. The summed E-state index contributed by atoms with van der Waals surface area (Å²) < 4.78 is 7.97. The van der Waals surface area contributed by atoms with Gasteiger partial charge in [-0.2, -0.15) is 0 Å². The van der Waals surface area contributed by atoms with Gasteiger partial charge in [0.05, 0.1) is 12.7 Å². The molecule has 0 saturated carbocycles. The molecule has 0 radical (unpaired) electrons. The quantitative estimate of drug-likeness (QED) is 0.449. The fourth-order valence-corrected chi connectivity index (χ4v) is 4.33. The van der Waals surface area contributed by atoms with Crippen molar-refractivity contribution in [1.29, 1.82) is 0 Å². The normalized spacial score (nSPS) is 20.1. The summed E-state index contributed by atoms with van der Waals surface area (Å²) in [7, 11) is 1.64. The van der Waals surface area contributed by atoms with Crippen LogP contribution >= 0.6 is 15.9 Å². The van der Waals surface area contributed by atoms with Crippen LogP contribution in [0.3, 0.4) is 0 Å². The van der Waals surface area contributed by atoms with Crippen LogP contribution in [0.4, 0.5) is 5.69 Å². The van der Waals surface area contributed by atoms with Crippen LogP contribution in [0.5, 0.6) is 5.75 Å². The van der Waals surface area contributed by atoms with Gasteiger partial charge in [0.25, 0.3) is 0 Å². The molecule has 1 amide bonds. The maximum atomic E-state index is 12.5. The molecule has 2 unspecified atom stereocenters. The van der Waals surface area contributed by atoms with Crippen LogP contribution in [-0.2, 0) is 4.79 Å². The van der Waals surface area contributed by atoms with Gasteiger partial charge in [-0.25, -0.2) is 9.67 Å². The maximum absolute atomic E-state index is 12.5. The Bertz CT molecular complexity index is 1120. The van der Waals surface area contributed by atoms with Gasteiger partial charge in [0.2, 0.25) is 5.91 Å². The van der Waals surface area contributed by atoms with Gasteiger partial charge in [-0.05, 0) is 52.3 Å². The first kappa shape index (κ1) is 20.0. The molecule has 2 atom stereocenters. The standard InChI is InChI=1S/C21H22BrN7O2/c1-31-13-7-5-12(6-8-13)18-27-19-17-14(22)3-2-4-15(17)25-21(29(19)28-18)26-16-11-23-9-10-24-20(16)30/h2-8,16,21,23,25-26H,9-11H2,1H3,(H,24,30). The lowest BCUT2D eigenvalue weighted by Gasteiger charge is -2.31. The molecule has 2 aliphatic rings. The first-order valence-electron chi connectivity index (χ1n) is 10.0. The smallest absolute Gasteiger partial charge is 0.238 e. The highest BCUT2D eigenvalue weighted by Crippen LogP contribution is 2.40. The number of aromatic nitrogens is 3. The van der Waals surface area contributed by atoms with Crippen molar-refractivity contribution < 1.29 is 9.53 Å². The highest BCUT2D eigenvalue weighted by Gasteiger charge is 2.32. The van der Waals surface area contributed by atoms with Crippen LogP contribution in [0.2, 0.25) is 0 Å². The predicted octanol–water partition coefficient (Wildman–Crippen LogP) is 1.94. The van der Waals surface area contributed by atoms with E-state index in [2.05, 4.69) is 37.2 Å². The number of methoxy groups -OCH3 is 1.